The molecule has 1 unspecified atom stereocenters. The number of imide groups is 1. The van der Waals surface area contributed by atoms with Crippen LogP contribution >= 0.6 is 0 Å². The summed E-state index contributed by atoms with van der Waals surface area (Å²) in [5, 5.41) is 2.25. The molecular weight excluding hydrogens is 322 g/mol. The van der Waals surface area contributed by atoms with Crippen LogP contribution in [0.3, 0.4) is 0 Å². The summed E-state index contributed by atoms with van der Waals surface area (Å²) in [6, 6.07) is 8.60. The predicted molar refractivity (Wildman–Crippen MR) is 93.7 cm³/mol. The fraction of sp³-hybridized carbons (Fsp3) is 0.500. The Morgan fingerprint density at radius 2 is 1.72 bits per heavy atom. The molecule has 0 radical (unpaired) electrons. The van der Waals surface area contributed by atoms with Crippen LogP contribution in [-0.4, -0.2) is 23.8 Å². The number of hydrogen-bond donors (Lipinski definition) is 3. The summed E-state index contributed by atoms with van der Waals surface area (Å²) in [4.78, 5) is 41.0. The molecular formula is C18H27N3O4. The van der Waals surface area contributed by atoms with E-state index in [1.165, 1.54) is 6.92 Å². The second kappa shape index (κ2) is 10.6. The molecule has 0 bridgehead atoms. The zero-order valence-electron chi connectivity index (χ0n) is 15.0. The van der Waals surface area contributed by atoms with Crippen molar-refractivity contribution in [3.05, 3.63) is 35.9 Å². The Bertz CT molecular complexity index is 573. The summed E-state index contributed by atoms with van der Waals surface area (Å²) in [7, 11) is 0. The lowest BCUT2D eigenvalue weighted by Crippen LogP contribution is -2.45. The Kier molecular flexibility index (Phi) is 8.80. The first-order valence-electron chi connectivity index (χ1n) is 8.34. The fourth-order valence-corrected chi connectivity index (χ4v) is 2.23. The number of rotatable bonds is 9. The van der Waals surface area contributed by atoms with Crippen molar-refractivity contribution in [3.8, 4) is 0 Å². The van der Waals surface area contributed by atoms with Crippen LogP contribution in [0.15, 0.2) is 30.3 Å². The summed E-state index contributed by atoms with van der Waals surface area (Å²) < 4.78 is 0. The van der Waals surface area contributed by atoms with Crippen LogP contribution in [0.2, 0.25) is 0 Å². The molecule has 0 spiro atoms. The van der Waals surface area contributed by atoms with E-state index in [9.17, 15) is 14.4 Å². The van der Waals surface area contributed by atoms with E-state index in [-0.39, 0.29) is 18.9 Å². The van der Waals surface area contributed by atoms with Gasteiger partial charge in [0, 0.05) is 12.3 Å². The van der Waals surface area contributed by atoms with Crippen LogP contribution in [0.4, 0.5) is 0 Å². The summed E-state index contributed by atoms with van der Waals surface area (Å²) in [6.45, 7) is 5.61. The normalized spacial score (nSPS) is 13.2. The number of hydroxylamine groups is 1. The van der Waals surface area contributed by atoms with Crippen molar-refractivity contribution in [2.24, 2.45) is 17.6 Å². The Morgan fingerprint density at radius 3 is 2.28 bits per heavy atom. The molecule has 0 aromatic heterocycles. The largest absolute Gasteiger partial charge is 0.320 e. The van der Waals surface area contributed by atoms with Crippen molar-refractivity contribution in [2.45, 2.75) is 46.3 Å². The molecule has 7 heteroatoms. The lowest BCUT2D eigenvalue weighted by atomic mass is 9.93. The summed E-state index contributed by atoms with van der Waals surface area (Å²) in [5.74, 6) is -1.89. The van der Waals surface area contributed by atoms with Gasteiger partial charge in [0.2, 0.25) is 17.7 Å². The highest BCUT2D eigenvalue weighted by atomic mass is 16.6. The average Bonchev–Trinajstić information content (AvgIpc) is 2.54. The molecule has 138 valence electrons. The zero-order valence-corrected chi connectivity index (χ0v) is 15.0. The summed E-state index contributed by atoms with van der Waals surface area (Å²) >= 11 is 0. The molecule has 0 saturated carbocycles. The van der Waals surface area contributed by atoms with E-state index in [1.54, 1.807) is 0 Å². The monoisotopic (exact) mass is 349 g/mol. The minimum Gasteiger partial charge on any atom is -0.320 e. The number of amides is 3. The quantitative estimate of drug-likeness (QED) is 0.582. The SMILES string of the molecule is CC(C)CC(CC(=O)NOCc1ccccc1)C(=O)NC(=O)[C@H](C)N. The van der Waals surface area contributed by atoms with Gasteiger partial charge in [0.1, 0.15) is 0 Å². The number of nitrogens with one attached hydrogen (secondary N) is 2. The lowest BCUT2D eigenvalue weighted by Gasteiger charge is -2.18. The van der Waals surface area contributed by atoms with E-state index in [0.29, 0.717) is 6.42 Å². The summed E-state index contributed by atoms with van der Waals surface area (Å²) in [5.41, 5.74) is 8.70. The predicted octanol–water partition coefficient (Wildman–Crippen LogP) is 1.28. The molecule has 2 atom stereocenters. The molecule has 25 heavy (non-hydrogen) atoms. The van der Waals surface area contributed by atoms with Crippen molar-refractivity contribution >= 4 is 17.7 Å². The van der Waals surface area contributed by atoms with Gasteiger partial charge in [-0.05, 0) is 24.8 Å². The highest BCUT2D eigenvalue weighted by Gasteiger charge is 2.25. The van der Waals surface area contributed by atoms with Crippen LogP contribution in [0.25, 0.3) is 0 Å². The van der Waals surface area contributed by atoms with Crippen molar-refractivity contribution < 1.29 is 19.2 Å². The molecule has 1 aromatic rings. The van der Waals surface area contributed by atoms with Gasteiger partial charge in [-0.25, -0.2) is 5.48 Å². The third kappa shape index (κ3) is 8.42. The van der Waals surface area contributed by atoms with Gasteiger partial charge < -0.3 is 5.73 Å². The first kappa shape index (κ1) is 20.8. The first-order chi connectivity index (χ1) is 11.8. The van der Waals surface area contributed by atoms with Gasteiger partial charge in [-0.1, -0.05) is 44.2 Å². The minimum absolute atomic E-state index is 0.0644. The van der Waals surface area contributed by atoms with Crippen LogP contribution < -0.4 is 16.5 Å². The second-order valence-corrected chi connectivity index (χ2v) is 6.47. The summed E-state index contributed by atoms with van der Waals surface area (Å²) in [6.07, 6.45) is 0.412. The number of nitrogens with two attached hydrogens (primary N) is 1. The Hall–Kier alpha value is -2.25. The van der Waals surface area contributed by atoms with Crippen molar-refractivity contribution in [1.29, 1.82) is 0 Å². The average molecular weight is 349 g/mol. The molecule has 0 aliphatic heterocycles. The fourth-order valence-electron chi connectivity index (χ4n) is 2.23. The maximum atomic E-state index is 12.2. The highest BCUT2D eigenvalue weighted by Crippen LogP contribution is 2.16. The molecule has 0 aliphatic carbocycles. The molecule has 0 saturated heterocycles. The van der Waals surface area contributed by atoms with Crippen molar-refractivity contribution in [2.75, 3.05) is 0 Å². The third-order valence-corrected chi connectivity index (χ3v) is 3.49. The maximum Gasteiger partial charge on any atom is 0.244 e. The van der Waals surface area contributed by atoms with Gasteiger partial charge in [0.05, 0.1) is 12.6 Å². The molecule has 1 aromatic carbocycles. The number of benzene rings is 1. The van der Waals surface area contributed by atoms with E-state index in [1.807, 2.05) is 44.2 Å². The van der Waals surface area contributed by atoms with Crippen LogP contribution in [-0.2, 0) is 25.8 Å². The van der Waals surface area contributed by atoms with Crippen LogP contribution in [0.1, 0.15) is 39.2 Å². The number of carbonyl (C=O) groups is 3. The van der Waals surface area contributed by atoms with Gasteiger partial charge in [0.15, 0.2) is 0 Å². The molecule has 0 aliphatic rings. The number of hydrogen-bond acceptors (Lipinski definition) is 5. The van der Waals surface area contributed by atoms with E-state index in [0.717, 1.165) is 5.56 Å². The van der Waals surface area contributed by atoms with E-state index in [2.05, 4.69) is 10.8 Å². The topological polar surface area (TPSA) is 111 Å². The molecule has 3 amide bonds. The molecule has 0 heterocycles. The Labute approximate surface area is 148 Å². The highest BCUT2D eigenvalue weighted by molar-refractivity contribution is 5.99. The standard InChI is InChI=1S/C18H27N3O4/c1-12(2)9-15(18(24)20-17(23)13(3)19)10-16(22)21-25-11-14-7-5-4-6-8-14/h4-8,12-13,15H,9-11,19H2,1-3H3,(H,21,22)(H,20,23,24)/t13-,15?/m0/s1. The van der Waals surface area contributed by atoms with Gasteiger partial charge in [0.25, 0.3) is 0 Å². The van der Waals surface area contributed by atoms with Gasteiger partial charge in [-0.2, -0.15) is 0 Å². The lowest BCUT2D eigenvalue weighted by molar-refractivity contribution is -0.141. The van der Waals surface area contributed by atoms with E-state index >= 15 is 0 Å². The molecule has 7 nitrogen and oxygen atoms in total. The van der Waals surface area contributed by atoms with E-state index < -0.39 is 29.7 Å². The van der Waals surface area contributed by atoms with Crippen LogP contribution in [0.5, 0.6) is 0 Å². The maximum absolute atomic E-state index is 12.2. The number of carbonyl (C=O) groups excluding carboxylic acids is 3. The van der Waals surface area contributed by atoms with Gasteiger partial charge in [-0.15, -0.1) is 0 Å². The van der Waals surface area contributed by atoms with Crippen molar-refractivity contribution in [3.63, 3.8) is 0 Å². The van der Waals surface area contributed by atoms with Crippen LogP contribution in [0, 0.1) is 11.8 Å². The first-order valence-corrected chi connectivity index (χ1v) is 8.34. The molecule has 0 fully saturated rings. The smallest absolute Gasteiger partial charge is 0.244 e. The Morgan fingerprint density at radius 1 is 1.08 bits per heavy atom. The molecule has 4 N–H and O–H groups in total. The van der Waals surface area contributed by atoms with Gasteiger partial charge in [-0.3, -0.25) is 24.5 Å². The van der Waals surface area contributed by atoms with Crippen molar-refractivity contribution in [1.82, 2.24) is 10.8 Å². The third-order valence-electron chi connectivity index (χ3n) is 3.49. The Balaban J connectivity index is 2.51. The molecule has 1 rings (SSSR count). The zero-order chi connectivity index (χ0) is 18.8. The minimum atomic E-state index is -0.785. The van der Waals surface area contributed by atoms with E-state index in [4.69, 9.17) is 10.6 Å². The second-order valence-electron chi connectivity index (χ2n) is 6.47. The van der Waals surface area contributed by atoms with Gasteiger partial charge >= 0.3 is 0 Å².